The van der Waals surface area contributed by atoms with Crippen LogP contribution in [0.4, 0.5) is 0 Å². The Balaban J connectivity index is 1.72. The van der Waals surface area contributed by atoms with Crippen LogP contribution in [-0.4, -0.2) is 29.1 Å². The van der Waals surface area contributed by atoms with Crippen LogP contribution in [0.3, 0.4) is 0 Å². The number of amides is 1. The van der Waals surface area contributed by atoms with Crippen LogP contribution in [0.1, 0.15) is 59.5 Å². The lowest BCUT2D eigenvalue weighted by Crippen LogP contribution is -2.39. The lowest BCUT2D eigenvalue weighted by molar-refractivity contribution is 0.0696. The molecule has 0 unspecified atom stereocenters. The second-order valence-electron chi connectivity index (χ2n) is 6.38. The molecule has 0 radical (unpaired) electrons. The van der Waals surface area contributed by atoms with Gasteiger partial charge in [0.2, 0.25) is 0 Å². The first kappa shape index (κ1) is 15.8. The summed E-state index contributed by atoms with van der Waals surface area (Å²) in [5.41, 5.74) is 3.11. The zero-order chi connectivity index (χ0) is 16.2. The van der Waals surface area contributed by atoms with Crippen molar-refractivity contribution >= 4 is 5.91 Å². The summed E-state index contributed by atoms with van der Waals surface area (Å²) in [6.45, 7) is 5.79. The van der Waals surface area contributed by atoms with Crippen molar-refractivity contribution in [3.8, 4) is 0 Å². The molecule has 1 aliphatic heterocycles. The third-order valence-electron chi connectivity index (χ3n) is 4.61. The molecule has 1 atom stereocenters. The molecule has 1 aromatic carbocycles. The Morgan fingerprint density at radius 2 is 2.22 bits per heavy atom. The first-order valence-corrected chi connectivity index (χ1v) is 8.49. The van der Waals surface area contributed by atoms with Gasteiger partial charge < -0.3 is 9.42 Å². The fraction of sp³-hybridized carbons (Fsp3) is 0.474. The van der Waals surface area contributed by atoms with Crippen LogP contribution in [0.25, 0.3) is 0 Å². The van der Waals surface area contributed by atoms with E-state index in [-0.39, 0.29) is 5.91 Å². The molecule has 0 bridgehead atoms. The van der Waals surface area contributed by atoms with E-state index in [1.807, 2.05) is 4.90 Å². The minimum absolute atomic E-state index is 0.00520. The molecule has 0 N–H and O–H groups in total. The molecule has 23 heavy (non-hydrogen) atoms. The number of rotatable bonds is 4. The summed E-state index contributed by atoms with van der Waals surface area (Å²) in [6.07, 6.45) is 3.98. The molecule has 1 aromatic heterocycles. The highest BCUT2D eigenvalue weighted by molar-refractivity contribution is 5.92. The summed E-state index contributed by atoms with van der Waals surface area (Å²) < 4.78 is 5.25. The summed E-state index contributed by atoms with van der Waals surface area (Å²) in [4.78, 5) is 14.6. The van der Waals surface area contributed by atoms with Crippen molar-refractivity contribution in [1.29, 1.82) is 0 Å². The van der Waals surface area contributed by atoms with Gasteiger partial charge in [-0.3, -0.25) is 4.79 Å². The maximum absolute atomic E-state index is 12.7. The molecule has 3 rings (SSSR count). The summed E-state index contributed by atoms with van der Waals surface area (Å²) in [5.74, 6) is 1.20. The second-order valence-corrected chi connectivity index (χ2v) is 6.38. The Kier molecular flexibility index (Phi) is 4.79. The van der Waals surface area contributed by atoms with Crippen LogP contribution in [0.5, 0.6) is 0 Å². The maximum atomic E-state index is 12.7. The Labute approximate surface area is 137 Å². The molecule has 0 saturated carbocycles. The fourth-order valence-corrected chi connectivity index (χ4v) is 3.40. The lowest BCUT2D eigenvalue weighted by atomic mass is 9.88. The van der Waals surface area contributed by atoms with E-state index in [0.717, 1.165) is 44.5 Å². The van der Waals surface area contributed by atoms with Gasteiger partial charge >= 0.3 is 0 Å². The quantitative estimate of drug-likeness (QED) is 0.858. The molecule has 1 aliphatic rings. The summed E-state index contributed by atoms with van der Waals surface area (Å²) >= 11 is 0. The Bertz CT molecular complexity index is 678. The van der Waals surface area contributed by atoms with Gasteiger partial charge in [-0.1, -0.05) is 36.3 Å². The highest BCUT2D eigenvalue weighted by atomic mass is 16.5. The third-order valence-corrected chi connectivity index (χ3v) is 4.61. The summed E-state index contributed by atoms with van der Waals surface area (Å²) in [7, 11) is 0. The van der Waals surface area contributed by atoms with Crippen LogP contribution < -0.4 is 0 Å². The topological polar surface area (TPSA) is 46.3 Å². The number of nitrogens with zero attached hydrogens (tertiary/aromatic N) is 2. The maximum Gasteiger partial charge on any atom is 0.276 e. The van der Waals surface area contributed by atoms with E-state index < -0.39 is 0 Å². The average molecular weight is 312 g/mol. The third kappa shape index (κ3) is 3.46. The van der Waals surface area contributed by atoms with Gasteiger partial charge in [-0.05, 0) is 37.3 Å². The number of likely N-dealkylation sites (tertiary alicyclic amines) is 1. The summed E-state index contributed by atoms with van der Waals surface area (Å²) in [6, 6.07) is 10.3. The van der Waals surface area contributed by atoms with Gasteiger partial charge in [-0.15, -0.1) is 0 Å². The number of hydrogen-bond donors (Lipinski definition) is 0. The van der Waals surface area contributed by atoms with Crippen molar-refractivity contribution < 1.29 is 9.32 Å². The Morgan fingerprint density at radius 3 is 3.00 bits per heavy atom. The molecule has 1 saturated heterocycles. The molecule has 1 amide bonds. The van der Waals surface area contributed by atoms with E-state index in [1.165, 1.54) is 11.1 Å². The highest BCUT2D eigenvalue weighted by Gasteiger charge is 2.27. The van der Waals surface area contributed by atoms with Crippen LogP contribution in [0.2, 0.25) is 0 Å². The van der Waals surface area contributed by atoms with Gasteiger partial charge in [0, 0.05) is 31.5 Å². The summed E-state index contributed by atoms with van der Waals surface area (Å²) in [5, 5.41) is 3.96. The van der Waals surface area contributed by atoms with E-state index in [0.29, 0.717) is 11.6 Å². The standard InChI is InChI=1S/C19H24N2O2/c1-3-7-16-12-18(20-23-16)19(22)21-11-6-9-15(13-21)17-10-5-4-8-14(17)2/h4-5,8,10,12,15H,3,6-7,9,11,13H2,1-2H3/t15-/m1/s1. The van der Waals surface area contributed by atoms with Gasteiger partial charge in [-0.25, -0.2) is 0 Å². The van der Waals surface area contributed by atoms with E-state index in [2.05, 4.69) is 43.3 Å². The molecule has 122 valence electrons. The fourth-order valence-electron chi connectivity index (χ4n) is 3.40. The molecule has 4 nitrogen and oxygen atoms in total. The number of hydrogen-bond acceptors (Lipinski definition) is 3. The van der Waals surface area contributed by atoms with Gasteiger partial charge in [0.25, 0.3) is 5.91 Å². The number of aromatic nitrogens is 1. The van der Waals surface area contributed by atoms with Crippen molar-refractivity contribution in [3.05, 3.63) is 52.9 Å². The smallest absolute Gasteiger partial charge is 0.276 e. The van der Waals surface area contributed by atoms with E-state index in [1.54, 1.807) is 6.07 Å². The molecule has 1 fully saturated rings. The number of carbonyl (C=O) groups excluding carboxylic acids is 1. The SMILES string of the molecule is CCCc1cc(C(=O)N2CCC[C@@H](c3ccccc3C)C2)no1. The Morgan fingerprint density at radius 1 is 1.39 bits per heavy atom. The van der Waals surface area contributed by atoms with E-state index in [4.69, 9.17) is 4.52 Å². The van der Waals surface area contributed by atoms with Gasteiger partial charge in [0.05, 0.1) is 0 Å². The first-order chi connectivity index (χ1) is 11.2. The van der Waals surface area contributed by atoms with Crippen LogP contribution in [-0.2, 0) is 6.42 Å². The van der Waals surface area contributed by atoms with Crippen LogP contribution in [0, 0.1) is 6.92 Å². The van der Waals surface area contributed by atoms with E-state index >= 15 is 0 Å². The molecular formula is C19H24N2O2. The average Bonchev–Trinajstić information content (AvgIpc) is 3.04. The zero-order valence-electron chi connectivity index (χ0n) is 13.9. The predicted octanol–water partition coefficient (Wildman–Crippen LogP) is 3.96. The minimum Gasteiger partial charge on any atom is -0.361 e. The number of piperidine rings is 1. The predicted molar refractivity (Wildman–Crippen MR) is 89.6 cm³/mol. The molecule has 0 spiro atoms. The van der Waals surface area contributed by atoms with E-state index in [9.17, 15) is 4.79 Å². The number of carbonyl (C=O) groups is 1. The van der Waals surface area contributed by atoms with Crippen molar-refractivity contribution in [2.45, 2.75) is 45.4 Å². The normalized spacial score (nSPS) is 18.2. The molecule has 4 heteroatoms. The van der Waals surface area contributed by atoms with Crippen molar-refractivity contribution in [3.63, 3.8) is 0 Å². The number of benzene rings is 1. The minimum atomic E-state index is -0.00520. The molecule has 2 aromatic rings. The Hall–Kier alpha value is -2.10. The van der Waals surface area contributed by atoms with Crippen molar-refractivity contribution in [1.82, 2.24) is 10.1 Å². The van der Waals surface area contributed by atoms with Crippen LogP contribution in [0.15, 0.2) is 34.9 Å². The van der Waals surface area contributed by atoms with Crippen LogP contribution >= 0.6 is 0 Å². The van der Waals surface area contributed by atoms with Crippen molar-refractivity contribution in [2.75, 3.05) is 13.1 Å². The monoisotopic (exact) mass is 312 g/mol. The largest absolute Gasteiger partial charge is 0.361 e. The lowest BCUT2D eigenvalue weighted by Gasteiger charge is -2.33. The zero-order valence-corrected chi connectivity index (χ0v) is 13.9. The van der Waals surface area contributed by atoms with Gasteiger partial charge in [0.1, 0.15) is 5.76 Å². The molecular weight excluding hydrogens is 288 g/mol. The van der Waals surface area contributed by atoms with Crippen molar-refractivity contribution in [2.24, 2.45) is 0 Å². The number of aryl methyl sites for hydroxylation is 2. The second kappa shape index (κ2) is 6.99. The highest BCUT2D eigenvalue weighted by Crippen LogP contribution is 2.29. The molecule has 0 aliphatic carbocycles. The van der Waals surface area contributed by atoms with Gasteiger partial charge in [-0.2, -0.15) is 0 Å². The molecule has 2 heterocycles. The van der Waals surface area contributed by atoms with Gasteiger partial charge in [0.15, 0.2) is 5.69 Å². The first-order valence-electron chi connectivity index (χ1n) is 8.49.